The van der Waals surface area contributed by atoms with E-state index in [0.717, 1.165) is 0 Å². The third-order valence-corrected chi connectivity index (χ3v) is 2.67. The normalized spacial score (nSPS) is 10.0. The molecule has 98 valence electrons. The summed E-state index contributed by atoms with van der Waals surface area (Å²) in [6.45, 7) is 0. The van der Waals surface area contributed by atoms with E-state index in [-0.39, 0.29) is 15.9 Å². The van der Waals surface area contributed by atoms with E-state index < -0.39 is 11.8 Å². The highest BCUT2D eigenvalue weighted by molar-refractivity contribution is 6.34. The molecule has 0 aromatic carbocycles. The van der Waals surface area contributed by atoms with Crippen molar-refractivity contribution in [3.05, 3.63) is 52.0 Å². The molecule has 2 aromatic rings. The molecule has 0 atom stereocenters. The van der Waals surface area contributed by atoms with Crippen LogP contribution in [0, 0.1) is 0 Å². The van der Waals surface area contributed by atoms with Crippen molar-refractivity contribution in [1.82, 2.24) is 20.8 Å². The first-order valence-corrected chi connectivity index (χ1v) is 5.89. The van der Waals surface area contributed by atoms with E-state index >= 15 is 0 Å². The molecule has 0 aliphatic heterocycles. The molecule has 0 saturated carbocycles. The van der Waals surface area contributed by atoms with Crippen LogP contribution in [0.1, 0.15) is 21.0 Å². The maximum absolute atomic E-state index is 11.8. The number of aromatic nitrogens is 2. The molecule has 3 N–H and O–H groups in total. The Kier molecular flexibility index (Phi) is 4.03. The summed E-state index contributed by atoms with van der Waals surface area (Å²) < 4.78 is 0. The molecule has 0 radical (unpaired) electrons. The lowest BCUT2D eigenvalue weighted by Gasteiger charge is -2.07. The Hall–Kier alpha value is -2.05. The molecular formula is C11H8Cl2N4O2. The van der Waals surface area contributed by atoms with Gasteiger partial charge in [-0.1, -0.05) is 23.2 Å². The van der Waals surface area contributed by atoms with Crippen LogP contribution in [0.15, 0.2) is 30.5 Å². The number of aromatic amines is 1. The number of rotatable bonds is 2. The third-order valence-electron chi connectivity index (χ3n) is 2.16. The Morgan fingerprint density at radius 2 is 1.84 bits per heavy atom. The minimum absolute atomic E-state index is 0.0686. The van der Waals surface area contributed by atoms with Crippen LogP contribution in [0.3, 0.4) is 0 Å². The van der Waals surface area contributed by atoms with Gasteiger partial charge in [-0.15, -0.1) is 0 Å². The lowest BCUT2D eigenvalue weighted by atomic mass is 10.3. The highest BCUT2D eigenvalue weighted by atomic mass is 35.5. The Morgan fingerprint density at radius 1 is 1.11 bits per heavy atom. The molecule has 6 nitrogen and oxygen atoms in total. The Labute approximate surface area is 118 Å². The monoisotopic (exact) mass is 298 g/mol. The number of pyridine rings is 1. The third kappa shape index (κ3) is 3.24. The van der Waals surface area contributed by atoms with Crippen LogP contribution in [-0.4, -0.2) is 21.8 Å². The van der Waals surface area contributed by atoms with Crippen LogP contribution >= 0.6 is 23.2 Å². The number of H-pyrrole nitrogens is 1. The second-order valence-electron chi connectivity index (χ2n) is 3.46. The SMILES string of the molecule is O=C(NNC(=O)c1nc(Cl)ccc1Cl)c1ccc[nH]1. The van der Waals surface area contributed by atoms with Gasteiger partial charge >= 0.3 is 0 Å². The molecule has 8 heteroatoms. The number of hydrogen-bond donors (Lipinski definition) is 3. The summed E-state index contributed by atoms with van der Waals surface area (Å²) in [4.78, 5) is 29.8. The number of carbonyl (C=O) groups excluding carboxylic acids is 2. The highest BCUT2D eigenvalue weighted by Crippen LogP contribution is 2.16. The van der Waals surface area contributed by atoms with Gasteiger partial charge < -0.3 is 4.98 Å². The number of hydrazine groups is 1. The maximum atomic E-state index is 11.8. The molecule has 0 fully saturated rings. The molecule has 2 aromatic heterocycles. The molecule has 2 rings (SSSR count). The van der Waals surface area contributed by atoms with Crippen LogP contribution in [0.25, 0.3) is 0 Å². The molecule has 19 heavy (non-hydrogen) atoms. The van der Waals surface area contributed by atoms with Crippen LogP contribution < -0.4 is 10.9 Å². The molecule has 0 unspecified atom stereocenters. The van der Waals surface area contributed by atoms with Crippen molar-refractivity contribution in [2.24, 2.45) is 0 Å². The van der Waals surface area contributed by atoms with E-state index in [2.05, 4.69) is 20.8 Å². The second kappa shape index (κ2) is 5.73. The average molecular weight is 299 g/mol. The molecule has 0 aliphatic carbocycles. The summed E-state index contributed by atoms with van der Waals surface area (Å²) in [6, 6.07) is 6.12. The topological polar surface area (TPSA) is 86.9 Å². The van der Waals surface area contributed by atoms with Crippen molar-refractivity contribution in [3.63, 3.8) is 0 Å². The van der Waals surface area contributed by atoms with Gasteiger partial charge in [-0.05, 0) is 24.3 Å². The van der Waals surface area contributed by atoms with Gasteiger partial charge in [-0.3, -0.25) is 20.4 Å². The Morgan fingerprint density at radius 3 is 2.53 bits per heavy atom. The molecule has 0 saturated heterocycles. The second-order valence-corrected chi connectivity index (χ2v) is 4.25. The highest BCUT2D eigenvalue weighted by Gasteiger charge is 2.14. The van der Waals surface area contributed by atoms with E-state index in [9.17, 15) is 9.59 Å². The number of hydrogen-bond acceptors (Lipinski definition) is 3. The molecule has 2 heterocycles. The quantitative estimate of drug-likeness (QED) is 0.583. The first-order chi connectivity index (χ1) is 9.08. The number of nitrogens with one attached hydrogen (secondary N) is 3. The number of carbonyl (C=O) groups is 2. The van der Waals surface area contributed by atoms with Gasteiger partial charge in [-0.25, -0.2) is 4.98 Å². The van der Waals surface area contributed by atoms with Crippen molar-refractivity contribution in [3.8, 4) is 0 Å². The van der Waals surface area contributed by atoms with E-state index in [0.29, 0.717) is 5.69 Å². The first kappa shape index (κ1) is 13.4. The first-order valence-electron chi connectivity index (χ1n) is 5.14. The number of nitrogens with zero attached hydrogens (tertiary/aromatic N) is 1. The van der Waals surface area contributed by atoms with E-state index in [4.69, 9.17) is 23.2 Å². The average Bonchev–Trinajstić information content (AvgIpc) is 2.92. The zero-order valence-electron chi connectivity index (χ0n) is 9.41. The van der Waals surface area contributed by atoms with Crippen molar-refractivity contribution in [1.29, 1.82) is 0 Å². The molecule has 0 aliphatic rings. The summed E-state index contributed by atoms with van der Waals surface area (Å²) in [5.74, 6) is -1.15. The Bertz CT molecular complexity index is 613. The van der Waals surface area contributed by atoms with Gasteiger partial charge in [0.25, 0.3) is 11.8 Å². The molecule has 0 bridgehead atoms. The fourth-order valence-electron chi connectivity index (χ4n) is 1.29. The zero-order chi connectivity index (χ0) is 13.8. The Balaban J connectivity index is 2.02. The predicted molar refractivity (Wildman–Crippen MR) is 70.0 cm³/mol. The van der Waals surface area contributed by atoms with Gasteiger partial charge in [0.15, 0.2) is 0 Å². The standard InChI is InChI=1S/C11H8Cl2N4O2/c12-6-3-4-8(13)15-9(6)11(19)17-16-10(18)7-2-1-5-14-7/h1-5,14H,(H,16,18)(H,17,19). The number of amides is 2. The van der Waals surface area contributed by atoms with Crippen LogP contribution in [-0.2, 0) is 0 Å². The van der Waals surface area contributed by atoms with Gasteiger partial charge in [0.05, 0.1) is 5.02 Å². The molecule has 0 spiro atoms. The van der Waals surface area contributed by atoms with E-state index in [1.807, 2.05) is 0 Å². The largest absolute Gasteiger partial charge is 0.357 e. The predicted octanol–water partition coefficient (Wildman–Crippen LogP) is 1.79. The van der Waals surface area contributed by atoms with Crippen molar-refractivity contribution < 1.29 is 9.59 Å². The minimum Gasteiger partial charge on any atom is -0.357 e. The zero-order valence-corrected chi connectivity index (χ0v) is 10.9. The summed E-state index contributed by atoms with van der Waals surface area (Å²) in [5, 5.41) is 0.265. The summed E-state index contributed by atoms with van der Waals surface area (Å²) >= 11 is 11.5. The summed E-state index contributed by atoms with van der Waals surface area (Å²) in [6.07, 6.45) is 1.59. The smallest absolute Gasteiger partial charge is 0.289 e. The van der Waals surface area contributed by atoms with Crippen molar-refractivity contribution in [2.75, 3.05) is 0 Å². The minimum atomic E-state index is -0.660. The summed E-state index contributed by atoms with van der Waals surface area (Å²) in [5.41, 5.74) is 4.65. The number of halogens is 2. The molecular weight excluding hydrogens is 291 g/mol. The van der Waals surface area contributed by atoms with Crippen LogP contribution in [0.2, 0.25) is 10.2 Å². The lowest BCUT2D eigenvalue weighted by Crippen LogP contribution is -2.42. The fraction of sp³-hybridized carbons (Fsp3) is 0. The maximum Gasteiger partial charge on any atom is 0.289 e. The van der Waals surface area contributed by atoms with Crippen molar-refractivity contribution >= 4 is 35.0 Å². The van der Waals surface area contributed by atoms with E-state index in [1.54, 1.807) is 18.3 Å². The van der Waals surface area contributed by atoms with Crippen LogP contribution in [0.4, 0.5) is 0 Å². The van der Waals surface area contributed by atoms with Gasteiger partial charge in [-0.2, -0.15) is 0 Å². The van der Waals surface area contributed by atoms with Gasteiger partial charge in [0.2, 0.25) is 0 Å². The van der Waals surface area contributed by atoms with Crippen LogP contribution in [0.5, 0.6) is 0 Å². The fourth-order valence-corrected chi connectivity index (χ4v) is 1.63. The van der Waals surface area contributed by atoms with Gasteiger partial charge in [0, 0.05) is 6.20 Å². The van der Waals surface area contributed by atoms with Gasteiger partial charge in [0.1, 0.15) is 16.5 Å². The summed E-state index contributed by atoms with van der Waals surface area (Å²) in [7, 11) is 0. The van der Waals surface area contributed by atoms with E-state index in [1.165, 1.54) is 12.1 Å². The lowest BCUT2D eigenvalue weighted by molar-refractivity contribution is 0.0841. The van der Waals surface area contributed by atoms with Crippen molar-refractivity contribution in [2.45, 2.75) is 0 Å². The molecule has 2 amide bonds.